The molecule has 0 radical (unpaired) electrons. The normalized spacial score (nSPS) is 15.4. The largest absolute Gasteiger partial charge is 0.335 e. The molecule has 1 aromatic carbocycles. The van der Waals surface area contributed by atoms with Crippen LogP contribution < -0.4 is 5.32 Å². The second-order valence-electron chi connectivity index (χ2n) is 7.30. The van der Waals surface area contributed by atoms with Crippen LogP contribution in [-0.2, 0) is 16.1 Å². The lowest BCUT2D eigenvalue weighted by Crippen LogP contribution is -2.49. The molecule has 2 aromatic rings. The number of carbonyl (C=O) groups is 2. The first-order valence-electron chi connectivity index (χ1n) is 9.57. The van der Waals surface area contributed by atoms with Crippen LogP contribution in [0.3, 0.4) is 0 Å². The van der Waals surface area contributed by atoms with Gasteiger partial charge in [-0.3, -0.25) is 19.4 Å². The Morgan fingerprint density at radius 3 is 2.39 bits per heavy atom. The van der Waals surface area contributed by atoms with Gasteiger partial charge in [0.05, 0.1) is 13.1 Å². The Morgan fingerprint density at radius 2 is 1.75 bits per heavy atom. The third-order valence-electron chi connectivity index (χ3n) is 4.93. The summed E-state index contributed by atoms with van der Waals surface area (Å²) in [5.41, 5.74) is 1.89. The van der Waals surface area contributed by atoms with E-state index in [0.29, 0.717) is 6.54 Å². The average Bonchev–Trinajstić information content (AvgIpc) is 3.18. The molecule has 2 amide bonds. The highest BCUT2D eigenvalue weighted by atomic mass is 32.1. The van der Waals surface area contributed by atoms with E-state index < -0.39 is 0 Å². The molecule has 0 aliphatic carbocycles. The number of benzene rings is 1. The van der Waals surface area contributed by atoms with Crippen LogP contribution in [0.25, 0.3) is 0 Å². The number of likely N-dealkylation sites (N-methyl/N-ethyl adjacent to an activating group) is 1. The number of nitrogens with zero attached hydrogens (tertiary/aromatic N) is 3. The topological polar surface area (TPSA) is 55.9 Å². The Morgan fingerprint density at radius 1 is 1.07 bits per heavy atom. The molecule has 7 heteroatoms. The third-order valence-corrected chi connectivity index (χ3v) is 5.79. The molecular formula is C21H28N4O2S. The molecule has 1 aromatic heterocycles. The van der Waals surface area contributed by atoms with Crippen molar-refractivity contribution in [1.82, 2.24) is 14.7 Å². The number of hydrogen-bond donors (Lipinski definition) is 1. The molecule has 0 atom stereocenters. The molecule has 0 unspecified atom stereocenters. The van der Waals surface area contributed by atoms with Crippen LogP contribution in [0.2, 0.25) is 0 Å². The smallest absolute Gasteiger partial charge is 0.243 e. The van der Waals surface area contributed by atoms with E-state index in [0.717, 1.165) is 44.0 Å². The van der Waals surface area contributed by atoms with Gasteiger partial charge in [0.1, 0.15) is 0 Å². The van der Waals surface area contributed by atoms with Crippen LogP contribution in [0.15, 0.2) is 41.8 Å². The first-order chi connectivity index (χ1) is 13.5. The van der Waals surface area contributed by atoms with Crippen molar-refractivity contribution in [2.24, 2.45) is 0 Å². The van der Waals surface area contributed by atoms with Crippen molar-refractivity contribution >= 4 is 28.8 Å². The van der Waals surface area contributed by atoms with Crippen LogP contribution in [0.1, 0.15) is 10.4 Å². The number of thiophene rings is 1. The van der Waals surface area contributed by atoms with E-state index in [1.54, 1.807) is 18.4 Å². The van der Waals surface area contributed by atoms with Crippen LogP contribution >= 0.6 is 11.3 Å². The molecule has 1 saturated heterocycles. The zero-order valence-electron chi connectivity index (χ0n) is 16.6. The standard InChI is InChI=1S/C21H28N4O2S/c1-17-5-7-18(8-6-17)22-20(26)15-23(2)21(27)16-25-11-9-24(10-12-25)14-19-4-3-13-28-19/h3-8,13H,9-12,14-16H2,1-2H3,(H,22,26). The SMILES string of the molecule is Cc1ccc(NC(=O)CN(C)C(=O)CN2CCN(Cc3cccs3)CC2)cc1. The number of amides is 2. The highest BCUT2D eigenvalue weighted by molar-refractivity contribution is 7.09. The third kappa shape index (κ3) is 6.15. The number of hydrogen-bond acceptors (Lipinski definition) is 5. The molecule has 1 aliphatic rings. The summed E-state index contributed by atoms with van der Waals surface area (Å²) in [4.78, 5) is 32.1. The van der Waals surface area contributed by atoms with Gasteiger partial charge in [-0.2, -0.15) is 0 Å². The Kier molecular flexibility index (Phi) is 7.19. The second kappa shape index (κ2) is 9.82. The highest BCUT2D eigenvalue weighted by Crippen LogP contribution is 2.13. The monoisotopic (exact) mass is 400 g/mol. The predicted octanol–water partition coefficient (Wildman–Crippen LogP) is 2.27. The van der Waals surface area contributed by atoms with Crippen LogP contribution in [0, 0.1) is 6.92 Å². The van der Waals surface area contributed by atoms with Crippen molar-refractivity contribution < 1.29 is 9.59 Å². The Hall–Kier alpha value is -2.22. The molecular weight excluding hydrogens is 372 g/mol. The van der Waals surface area contributed by atoms with E-state index in [1.165, 1.54) is 9.78 Å². The van der Waals surface area contributed by atoms with Gasteiger partial charge in [-0.05, 0) is 30.5 Å². The summed E-state index contributed by atoms with van der Waals surface area (Å²) < 4.78 is 0. The molecule has 1 aliphatic heterocycles. The molecule has 28 heavy (non-hydrogen) atoms. The van der Waals surface area contributed by atoms with Crippen molar-refractivity contribution in [1.29, 1.82) is 0 Å². The number of aryl methyl sites for hydroxylation is 1. The van der Waals surface area contributed by atoms with Gasteiger partial charge in [0.2, 0.25) is 11.8 Å². The van der Waals surface area contributed by atoms with Crippen LogP contribution in [0.4, 0.5) is 5.69 Å². The van der Waals surface area contributed by atoms with Gasteiger partial charge >= 0.3 is 0 Å². The van der Waals surface area contributed by atoms with E-state index in [9.17, 15) is 9.59 Å². The molecule has 0 saturated carbocycles. The zero-order chi connectivity index (χ0) is 19.9. The fourth-order valence-electron chi connectivity index (χ4n) is 3.18. The Labute approximate surface area is 170 Å². The van der Waals surface area contributed by atoms with Gasteiger partial charge in [0, 0.05) is 50.3 Å². The van der Waals surface area contributed by atoms with E-state index in [4.69, 9.17) is 0 Å². The lowest BCUT2D eigenvalue weighted by atomic mass is 10.2. The Bertz CT molecular complexity index is 768. The van der Waals surface area contributed by atoms with Crippen molar-refractivity contribution in [3.05, 3.63) is 52.2 Å². The summed E-state index contributed by atoms with van der Waals surface area (Å²) in [5.74, 6) is -0.203. The summed E-state index contributed by atoms with van der Waals surface area (Å²) in [7, 11) is 1.68. The van der Waals surface area contributed by atoms with E-state index in [2.05, 4.69) is 32.6 Å². The summed E-state index contributed by atoms with van der Waals surface area (Å²) in [6, 6.07) is 11.9. The number of rotatable bonds is 7. The molecule has 0 bridgehead atoms. The van der Waals surface area contributed by atoms with Crippen molar-refractivity contribution in [3.8, 4) is 0 Å². The molecule has 3 rings (SSSR count). The van der Waals surface area contributed by atoms with Gasteiger partial charge in [0.25, 0.3) is 0 Å². The fraction of sp³-hybridized carbons (Fsp3) is 0.429. The molecule has 6 nitrogen and oxygen atoms in total. The maximum absolute atomic E-state index is 12.5. The van der Waals surface area contributed by atoms with Crippen LogP contribution in [0.5, 0.6) is 0 Å². The summed E-state index contributed by atoms with van der Waals surface area (Å²) in [6.07, 6.45) is 0. The summed E-state index contributed by atoms with van der Waals surface area (Å²) >= 11 is 1.78. The maximum atomic E-state index is 12.5. The highest BCUT2D eigenvalue weighted by Gasteiger charge is 2.21. The van der Waals surface area contributed by atoms with E-state index in [-0.39, 0.29) is 18.4 Å². The molecule has 0 spiro atoms. The van der Waals surface area contributed by atoms with Gasteiger partial charge < -0.3 is 10.2 Å². The fourth-order valence-corrected chi connectivity index (χ4v) is 3.93. The molecule has 2 heterocycles. The predicted molar refractivity (Wildman–Crippen MR) is 113 cm³/mol. The first-order valence-corrected chi connectivity index (χ1v) is 10.4. The van der Waals surface area contributed by atoms with E-state index in [1.807, 2.05) is 31.2 Å². The lowest BCUT2D eigenvalue weighted by molar-refractivity contribution is -0.134. The van der Waals surface area contributed by atoms with Gasteiger partial charge in [-0.25, -0.2) is 0 Å². The minimum Gasteiger partial charge on any atom is -0.335 e. The maximum Gasteiger partial charge on any atom is 0.243 e. The average molecular weight is 401 g/mol. The Balaban J connectivity index is 1.38. The summed E-state index contributed by atoms with van der Waals surface area (Å²) in [5, 5.41) is 4.94. The van der Waals surface area contributed by atoms with Gasteiger partial charge in [-0.15, -0.1) is 11.3 Å². The molecule has 1 N–H and O–H groups in total. The van der Waals surface area contributed by atoms with Gasteiger partial charge in [-0.1, -0.05) is 23.8 Å². The van der Waals surface area contributed by atoms with Crippen molar-refractivity contribution in [3.63, 3.8) is 0 Å². The zero-order valence-corrected chi connectivity index (χ0v) is 17.4. The molecule has 1 fully saturated rings. The number of carbonyl (C=O) groups excluding carboxylic acids is 2. The quantitative estimate of drug-likeness (QED) is 0.775. The van der Waals surface area contributed by atoms with Gasteiger partial charge in [0.15, 0.2) is 0 Å². The minimum absolute atomic E-state index is 0.0224. The van der Waals surface area contributed by atoms with E-state index >= 15 is 0 Å². The number of anilines is 1. The number of piperazine rings is 1. The first kappa shape index (κ1) is 20.5. The molecule has 150 valence electrons. The van der Waals surface area contributed by atoms with Crippen LogP contribution in [-0.4, -0.2) is 72.8 Å². The second-order valence-corrected chi connectivity index (χ2v) is 8.33. The lowest BCUT2D eigenvalue weighted by Gasteiger charge is -2.34. The number of nitrogens with one attached hydrogen (secondary N) is 1. The summed E-state index contributed by atoms with van der Waals surface area (Å²) in [6.45, 7) is 7.08. The van der Waals surface area contributed by atoms with Crippen molar-refractivity contribution in [2.45, 2.75) is 13.5 Å². The minimum atomic E-state index is -0.180. The van der Waals surface area contributed by atoms with Crippen molar-refractivity contribution in [2.75, 3.05) is 51.6 Å².